The number of aromatic nitrogens is 2. The van der Waals surface area contributed by atoms with E-state index in [1.165, 1.54) is 0 Å². The molecule has 0 aliphatic heterocycles. The van der Waals surface area contributed by atoms with Gasteiger partial charge in [0.15, 0.2) is 0 Å². The highest BCUT2D eigenvalue weighted by Crippen LogP contribution is 2.24. The number of benzene rings is 2. The SMILES string of the molecule is COc1ccc(OCCSc2nncc3ccccc23)cc1. The number of nitrogens with zero attached hydrogens (tertiary/aromatic N) is 2. The molecule has 1 heterocycles. The monoisotopic (exact) mass is 312 g/mol. The Balaban J connectivity index is 1.56. The van der Waals surface area contributed by atoms with E-state index >= 15 is 0 Å². The van der Waals surface area contributed by atoms with Gasteiger partial charge in [-0.25, -0.2) is 0 Å². The van der Waals surface area contributed by atoms with Crippen LogP contribution in [0.25, 0.3) is 10.8 Å². The van der Waals surface area contributed by atoms with Gasteiger partial charge in [-0.15, -0.1) is 16.9 Å². The van der Waals surface area contributed by atoms with Crippen LogP contribution in [-0.4, -0.2) is 29.7 Å². The summed E-state index contributed by atoms with van der Waals surface area (Å²) in [6, 6.07) is 15.7. The van der Waals surface area contributed by atoms with Crippen molar-refractivity contribution in [2.24, 2.45) is 0 Å². The zero-order valence-electron chi connectivity index (χ0n) is 12.2. The van der Waals surface area contributed by atoms with Gasteiger partial charge in [-0.1, -0.05) is 24.3 Å². The van der Waals surface area contributed by atoms with Gasteiger partial charge in [-0.2, -0.15) is 5.10 Å². The van der Waals surface area contributed by atoms with E-state index in [-0.39, 0.29) is 0 Å². The van der Waals surface area contributed by atoms with Gasteiger partial charge >= 0.3 is 0 Å². The Kier molecular flexibility index (Phi) is 4.75. The van der Waals surface area contributed by atoms with Gasteiger partial charge in [0.25, 0.3) is 0 Å². The van der Waals surface area contributed by atoms with Gasteiger partial charge < -0.3 is 9.47 Å². The number of fused-ring (bicyclic) bond motifs is 1. The van der Waals surface area contributed by atoms with Crippen LogP contribution in [0.5, 0.6) is 11.5 Å². The highest BCUT2D eigenvalue weighted by atomic mass is 32.2. The number of hydrogen-bond acceptors (Lipinski definition) is 5. The van der Waals surface area contributed by atoms with Gasteiger partial charge in [0.1, 0.15) is 16.5 Å². The molecule has 1 aromatic heterocycles. The lowest BCUT2D eigenvalue weighted by molar-refractivity contribution is 0.342. The fourth-order valence-corrected chi connectivity index (χ4v) is 2.88. The van der Waals surface area contributed by atoms with Crippen LogP contribution in [0.4, 0.5) is 0 Å². The molecule has 3 rings (SSSR count). The van der Waals surface area contributed by atoms with E-state index in [1.54, 1.807) is 25.1 Å². The van der Waals surface area contributed by atoms with Crippen molar-refractivity contribution in [1.82, 2.24) is 10.2 Å². The molecule has 0 N–H and O–H groups in total. The minimum atomic E-state index is 0.613. The van der Waals surface area contributed by atoms with E-state index in [9.17, 15) is 0 Å². The lowest BCUT2D eigenvalue weighted by atomic mass is 10.2. The maximum absolute atomic E-state index is 5.71. The Hall–Kier alpha value is -2.27. The third-order valence-corrected chi connectivity index (χ3v) is 4.13. The summed E-state index contributed by atoms with van der Waals surface area (Å²) in [5, 5.41) is 11.4. The Bertz CT molecular complexity index is 742. The fourth-order valence-electron chi connectivity index (χ4n) is 2.08. The van der Waals surface area contributed by atoms with Crippen molar-refractivity contribution in [3.8, 4) is 11.5 Å². The van der Waals surface area contributed by atoms with E-state index in [2.05, 4.69) is 16.3 Å². The second-order valence-corrected chi connectivity index (χ2v) is 5.69. The molecule has 0 spiro atoms. The van der Waals surface area contributed by atoms with Crippen LogP contribution < -0.4 is 9.47 Å². The van der Waals surface area contributed by atoms with Crippen molar-refractivity contribution < 1.29 is 9.47 Å². The van der Waals surface area contributed by atoms with E-state index in [0.29, 0.717) is 6.61 Å². The van der Waals surface area contributed by atoms with Gasteiger partial charge in [-0.3, -0.25) is 0 Å². The smallest absolute Gasteiger partial charge is 0.127 e. The molecule has 0 aliphatic carbocycles. The first kappa shape index (κ1) is 14.7. The molecule has 0 aliphatic rings. The third-order valence-electron chi connectivity index (χ3n) is 3.19. The number of hydrogen-bond donors (Lipinski definition) is 0. The summed E-state index contributed by atoms with van der Waals surface area (Å²) < 4.78 is 10.8. The quantitative estimate of drug-likeness (QED) is 0.511. The molecular formula is C17H16N2O2S. The van der Waals surface area contributed by atoms with Crippen LogP contribution in [-0.2, 0) is 0 Å². The molecule has 112 valence electrons. The highest BCUT2D eigenvalue weighted by Gasteiger charge is 2.04. The molecule has 0 unspecified atom stereocenters. The summed E-state index contributed by atoms with van der Waals surface area (Å²) >= 11 is 1.65. The highest BCUT2D eigenvalue weighted by molar-refractivity contribution is 7.99. The Labute approximate surface area is 133 Å². The summed E-state index contributed by atoms with van der Waals surface area (Å²) in [6.07, 6.45) is 1.78. The van der Waals surface area contributed by atoms with Gasteiger partial charge in [-0.05, 0) is 24.3 Å². The number of ether oxygens (including phenoxy) is 2. The predicted molar refractivity (Wildman–Crippen MR) is 88.8 cm³/mol. The maximum atomic E-state index is 5.71. The van der Waals surface area contributed by atoms with Crippen molar-refractivity contribution >= 4 is 22.5 Å². The average molecular weight is 312 g/mol. The molecule has 0 radical (unpaired) electrons. The van der Waals surface area contributed by atoms with Crippen molar-refractivity contribution in [2.45, 2.75) is 5.03 Å². The van der Waals surface area contributed by atoms with Crippen molar-refractivity contribution in [2.75, 3.05) is 19.5 Å². The summed E-state index contributed by atoms with van der Waals surface area (Å²) in [7, 11) is 1.65. The molecule has 0 atom stereocenters. The summed E-state index contributed by atoms with van der Waals surface area (Å²) in [5.41, 5.74) is 0. The number of methoxy groups -OCH3 is 1. The molecule has 0 saturated carbocycles. The van der Waals surface area contributed by atoms with Crippen LogP contribution in [0, 0.1) is 0 Å². The van der Waals surface area contributed by atoms with Crippen LogP contribution >= 0.6 is 11.8 Å². The summed E-state index contributed by atoms with van der Waals surface area (Å²) in [4.78, 5) is 0. The molecule has 0 saturated heterocycles. The second-order valence-electron chi connectivity index (χ2n) is 4.61. The minimum absolute atomic E-state index is 0.613. The van der Waals surface area contributed by atoms with Crippen LogP contribution in [0.2, 0.25) is 0 Å². The van der Waals surface area contributed by atoms with Crippen molar-refractivity contribution in [1.29, 1.82) is 0 Å². The lowest BCUT2D eigenvalue weighted by Gasteiger charge is -2.07. The molecule has 0 bridgehead atoms. The molecule has 0 fully saturated rings. The number of thioether (sulfide) groups is 1. The van der Waals surface area contributed by atoms with E-state index in [0.717, 1.165) is 33.1 Å². The van der Waals surface area contributed by atoms with E-state index < -0.39 is 0 Å². The lowest BCUT2D eigenvalue weighted by Crippen LogP contribution is -2.00. The largest absolute Gasteiger partial charge is 0.497 e. The van der Waals surface area contributed by atoms with Crippen LogP contribution in [0.1, 0.15) is 0 Å². The molecule has 4 nitrogen and oxygen atoms in total. The zero-order chi connectivity index (χ0) is 15.2. The standard InChI is InChI=1S/C17H16N2O2S/c1-20-14-6-8-15(9-7-14)21-10-11-22-17-16-5-3-2-4-13(16)12-18-19-17/h2-9,12H,10-11H2,1H3. The van der Waals surface area contributed by atoms with Crippen molar-refractivity contribution in [3.63, 3.8) is 0 Å². The first-order valence-corrected chi connectivity index (χ1v) is 7.95. The molecule has 5 heteroatoms. The Morgan fingerprint density at radius 2 is 1.77 bits per heavy atom. The molecule has 0 amide bonds. The van der Waals surface area contributed by atoms with E-state index in [1.807, 2.05) is 42.5 Å². The molecular weight excluding hydrogens is 296 g/mol. The summed E-state index contributed by atoms with van der Waals surface area (Å²) in [5.74, 6) is 2.48. The first-order chi connectivity index (χ1) is 10.9. The van der Waals surface area contributed by atoms with Crippen LogP contribution in [0.3, 0.4) is 0 Å². The molecule has 2 aromatic carbocycles. The molecule has 3 aromatic rings. The fraction of sp³-hybridized carbons (Fsp3) is 0.176. The molecule has 22 heavy (non-hydrogen) atoms. The minimum Gasteiger partial charge on any atom is -0.497 e. The van der Waals surface area contributed by atoms with Crippen molar-refractivity contribution in [3.05, 3.63) is 54.7 Å². The zero-order valence-corrected chi connectivity index (χ0v) is 13.0. The van der Waals surface area contributed by atoms with Gasteiger partial charge in [0, 0.05) is 16.5 Å². The van der Waals surface area contributed by atoms with E-state index in [4.69, 9.17) is 9.47 Å². The second kappa shape index (κ2) is 7.13. The Morgan fingerprint density at radius 3 is 2.59 bits per heavy atom. The Morgan fingerprint density at radius 1 is 1.00 bits per heavy atom. The third kappa shape index (κ3) is 3.49. The normalized spacial score (nSPS) is 10.6. The topological polar surface area (TPSA) is 44.2 Å². The van der Waals surface area contributed by atoms with Gasteiger partial charge in [0.2, 0.25) is 0 Å². The summed E-state index contributed by atoms with van der Waals surface area (Å²) in [6.45, 7) is 0.613. The van der Waals surface area contributed by atoms with Gasteiger partial charge in [0.05, 0.1) is 19.9 Å². The number of rotatable bonds is 6. The predicted octanol–water partition coefficient (Wildman–Crippen LogP) is 3.81. The average Bonchev–Trinajstić information content (AvgIpc) is 2.59. The maximum Gasteiger partial charge on any atom is 0.127 e. The van der Waals surface area contributed by atoms with Crippen LogP contribution in [0.15, 0.2) is 59.8 Å². The first-order valence-electron chi connectivity index (χ1n) is 6.97.